The summed E-state index contributed by atoms with van der Waals surface area (Å²) in [6.07, 6.45) is -3.59. The Morgan fingerprint density at radius 1 is 1.10 bits per heavy atom. The first-order chi connectivity index (χ1) is 10.1. The van der Waals surface area contributed by atoms with Gasteiger partial charge in [-0.1, -0.05) is 18.2 Å². The highest BCUT2D eigenvalue weighted by molar-refractivity contribution is 5.56. The molecule has 0 unspecified atom stereocenters. The van der Waals surface area contributed by atoms with Crippen molar-refractivity contribution in [2.24, 2.45) is 0 Å². The van der Waals surface area contributed by atoms with Crippen molar-refractivity contribution >= 4 is 5.69 Å². The van der Waals surface area contributed by atoms with Gasteiger partial charge in [0, 0.05) is 23.9 Å². The van der Waals surface area contributed by atoms with E-state index in [2.05, 4.69) is 14.8 Å². The van der Waals surface area contributed by atoms with Crippen molar-refractivity contribution in [2.45, 2.75) is 12.8 Å². The summed E-state index contributed by atoms with van der Waals surface area (Å²) in [5, 5.41) is 3.13. The molecule has 0 fully saturated rings. The fourth-order valence-electron chi connectivity index (χ4n) is 2.11. The minimum Gasteiger partial charge on any atom is -0.496 e. The molecule has 0 saturated heterocycles. The summed E-state index contributed by atoms with van der Waals surface area (Å²) < 4.78 is 39.9. The molecule has 0 aromatic heterocycles. The van der Waals surface area contributed by atoms with Crippen LogP contribution < -0.4 is 19.5 Å². The number of halogens is 2. The summed E-state index contributed by atoms with van der Waals surface area (Å²) in [6.45, 7) is 0.500. The van der Waals surface area contributed by atoms with Crippen LogP contribution in [0.15, 0.2) is 42.5 Å². The number of fused-ring (bicyclic) bond motifs is 1. The largest absolute Gasteiger partial charge is 0.586 e. The first-order valence-corrected chi connectivity index (χ1v) is 6.33. The predicted molar refractivity (Wildman–Crippen MR) is 73.0 cm³/mol. The molecule has 0 bridgehead atoms. The van der Waals surface area contributed by atoms with Gasteiger partial charge in [-0.05, 0) is 18.2 Å². The molecule has 1 aliphatic heterocycles. The van der Waals surface area contributed by atoms with Crippen LogP contribution in [-0.2, 0) is 6.54 Å². The van der Waals surface area contributed by atoms with Crippen molar-refractivity contribution in [2.75, 3.05) is 12.4 Å². The average Bonchev–Trinajstić information content (AvgIpc) is 2.78. The van der Waals surface area contributed by atoms with Crippen LogP contribution in [-0.4, -0.2) is 13.4 Å². The number of alkyl halides is 2. The summed E-state index contributed by atoms with van der Waals surface area (Å²) in [4.78, 5) is 0. The van der Waals surface area contributed by atoms with Gasteiger partial charge in [0.25, 0.3) is 0 Å². The van der Waals surface area contributed by atoms with Gasteiger partial charge in [0.15, 0.2) is 11.5 Å². The number of hydrogen-bond donors (Lipinski definition) is 1. The maximum absolute atomic E-state index is 12.9. The van der Waals surface area contributed by atoms with Crippen LogP contribution in [0.2, 0.25) is 0 Å². The Kier molecular flexibility index (Phi) is 3.29. The van der Waals surface area contributed by atoms with Crippen LogP contribution in [0.25, 0.3) is 0 Å². The maximum Gasteiger partial charge on any atom is 0.586 e. The Bertz CT molecular complexity index is 661. The topological polar surface area (TPSA) is 39.7 Å². The highest BCUT2D eigenvalue weighted by Gasteiger charge is 2.43. The second kappa shape index (κ2) is 5.12. The van der Waals surface area contributed by atoms with E-state index in [4.69, 9.17) is 4.74 Å². The van der Waals surface area contributed by atoms with E-state index in [-0.39, 0.29) is 11.5 Å². The van der Waals surface area contributed by atoms with Crippen molar-refractivity contribution in [1.29, 1.82) is 0 Å². The molecule has 0 atom stereocenters. The second-order valence-corrected chi connectivity index (χ2v) is 4.49. The van der Waals surface area contributed by atoms with Gasteiger partial charge in [0.2, 0.25) is 0 Å². The van der Waals surface area contributed by atoms with Crippen LogP contribution in [0.3, 0.4) is 0 Å². The molecule has 0 amide bonds. The van der Waals surface area contributed by atoms with Crippen LogP contribution in [0, 0.1) is 0 Å². The van der Waals surface area contributed by atoms with Crippen LogP contribution in [0.5, 0.6) is 17.2 Å². The molecule has 1 aliphatic rings. The highest BCUT2D eigenvalue weighted by atomic mass is 19.3. The Morgan fingerprint density at radius 2 is 1.86 bits per heavy atom. The number of nitrogens with one attached hydrogen (secondary N) is 1. The van der Waals surface area contributed by atoms with Crippen molar-refractivity contribution in [3.63, 3.8) is 0 Å². The zero-order chi connectivity index (χ0) is 14.9. The molecule has 1 N–H and O–H groups in total. The molecule has 0 spiro atoms. The van der Waals surface area contributed by atoms with Gasteiger partial charge in [-0.15, -0.1) is 8.78 Å². The second-order valence-electron chi connectivity index (χ2n) is 4.49. The quantitative estimate of drug-likeness (QED) is 0.934. The SMILES string of the molecule is COc1ccccc1CNc1ccc2c(c1)OC(F)(F)O2. The smallest absolute Gasteiger partial charge is 0.496 e. The van der Waals surface area contributed by atoms with Crippen molar-refractivity contribution in [1.82, 2.24) is 0 Å². The normalized spacial score (nSPS) is 14.8. The molecule has 4 nitrogen and oxygen atoms in total. The lowest BCUT2D eigenvalue weighted by atomic mass is 10.2. The van der Waals surface area contributed by atoms with Crippen molar-refractivity contribution in [3.05, 3.63) is 48.0 Å². The molecular weight excluding hydrogens is 280 g/mol. The van der Waals surface area contributed by atoms with E-state index in [1.807, 2.05) is 24.3 Å². The monoisotopic (exact) mass is 293 g/mol. The molecule has 2 aromatic carbocycles. The summed E-state index contributed by atoms with van der Waals surface area (Å²) in [5.41, 5.74) is 1.61. The van der Waals surface area contributed by atoms with Crippen LogP contribution in [0.1, 0.15) is 5.56 Å². The van der Waals surface area contributed by atoms with Gasteiger partial charge in [-0.3, -0.25) is 0 Å². The molecular formula is C15H13F2NO3. The number of para-hydroxylation sites is 1. The van der Waals surface area contributed by atoms with Crippen molar-refractivity contribution < 1.29 is 23.0 Å². The molecule has 0 radical (unpaired) electrons. The van der Waals surface area contributed by atoms with Gasteiger partial charge < -0.3 is 19.5 Å². The van der Waals surface area contributed by atoms with Gasteiger partial charge in [-0.2, -0.15) is 0 Å². The van der Waals surface area contributed by atoms with Crippen molar-refractivity contribution in [3.8, 4) is 17.2 Å². The number of hydrogen-bond acceptors (Lipinski definition) is 4. The third-order valence-electron chi connectivity index (χ3n) is 3.08. The van der Waals surface area contributed by atoms with E-state index in [0.717, 1.165) is 11.3 Å². The molecule has 21 heavy (non-hydrogen) atoms. The first kappa shape index (κ1) is 13.5. The average molecular weight is 293 g/mol. The fourth-order valence-corrected chi connectivity index (χ4v) is 2.11. The van der Waals surface area contributed by atoms with E-state index >= 15 is 0 Å². The van der Waals surface area contributed by atoms with E-state index in [9.17, 15) is 8.78 Å². The number of benzene rings is 2. The Labute approximate surface area is 120 Å². The zero-order valence-electron chi connectivity index (χ0n) is 11.2. The molecule has 1 heterocycles. The third-order valence-corrected chi connectivity index (χ3v) is 3.08. The predicted octanol–water partition coefficient (Wildman–Crippen LogP) is 3.63. The Morgan fingerprint density at radius 3 is 2.67 bits per heavy atom. The fraction of sp³-hybridized carbons (Fsp3) is 0.200. The minimum atomic E-state index is -3.59. The molecule has 2 aromatic rings. The van der Waals surface area contributed by atoms with Gasteiger partial charge in [0.1, 0.15) is 5.75 Å². The van der Waals surface area contributed by atoms with E-state index in [1.165, 1.54) is 12.1 Å². The molecule has 0 saturated carbocycles. The zero-order valence-corrected chi connectivity index (χ0v) is 11.2. The molecule has 0 aliphatic carbocycles. The number of anilines is 1. The van der Waals surface area contributed by atoms with E-state index in [0.29, 0.717) is 12.2 Å². The molecule has 6 heteroatoms. The molecule has 110 valence electrons. The number of ether oxygens (including phenoxy) is 3. The number of rotatable bonds is 4. The lowest BCUT2D eigenvalue weighted by Gasteiger charge is -2.10. The lowest BCUT2D eigenvalue weighted by Crippen LogP contribution is -2.25. The summed E-state index contributed by atoms with van der Waals surface area (Å²) in [5.74, 6) is 0.810. The number of methoxy groups -OCH3 is 1. The Balaban J connectivity index is 1.72. The van der Waals surface area contributed by atoms with Crippen LogP contribution >= 0.6 is 0 Å². The van der Waals surface area contributed by atoms with Gasteiger partial charge in [-0.25, -0.2) is 0 Å². The Hall–Kier alpha value is -2.50. The van der Waals surface area contributed by atoms with Gasteiger partial charge in [0.05, 0.1) is 7.11 Å². The summed E-state index contributed by atoms with van der Waals surface area (Å²) in [6, 6.07) is 12.1. The minimum absolute atomic E-state index is 0.0185. The van der Waals surface area contributed by atoms with E-state index < -0.39 is 6.29 Å². The molecule has 3 rings (SSSR count). The summed E-state index contributed by atoms with van der Waals surface area (Å²) >= 11 is 0. The van der Waals surface area contributed by atoms with E-state index in [1.54, 1.807) is 13.2 Å². The summed E-state index contributed by atoms with van der Waals surface area (Å²) in [7, 11) is 1.60. The standard InChI is InChI=1S/C15H13F2NO3/c1-19-12-5-3-2-4-10(12)9-18-11-6-7-13-14(8-11)21-15(16,17)20-13/h2-8,18H,9H2,1H3. The highest BCUT2D eigenvalue weighted by Crippen LogP contribution is 2.42. The third kappa shape index (κ3) is 2.84. The lowest BCUT2D eigenvalue weighted by molar-refractivity contribution is -0.286. The first-order valence-electron chi connectivity index (χ1n) is 6.33. The van der Waals surface area contributed by atoms with Crippen LogP contribution in [0.4, 0.5) is 14.5 Å². The maximum atomic E-state index is 12.9. The van der Waals surface area contributed by atoms with Gasteiger partial charge >= 0.3 is 6.29 Å².